The average Bonchev–Trinajstić information content (AvgIpc) is 3.12. The Balaban J connectivity index is 1.53. The van der Waals surface area contributed by atoms with Crippen molar-refractivity contribution in [3.8, 4) is 17.1 Å². The van der Waals surface area contributed by atoms with E-state index >= 15 is 0 Å². The first-order valence-corrected chi connectivity index (χ1v) is 8.85. The van der Waals surface area contributed by atoms with E-state index in [1.165, 1.54) is 0 Å². The van der Waals surface area contributed by atoms with Gasteiger partial charge in [0.1, 0.15) is 11.6 Å². The van der Waals surface area contributed by atoms with Crippen LogP contribution in [0.2, 0.25) is 5.02 Å². The molecular formula is C21H15ClN4O2. The van der Waals surface area contributed by atoms with E-state index in [2.05, 4.69) is 20.5 Å². The van der Waals surface area contributed by atoms with E-state index in [1.54, 1.807) is 66.9 Å². The third-order valence-corrected chi connectivity index (χ3v) is 4.40. The van der Waals surface area contributed by atoms with Gasteiger partial charge in [-0.3, -0.25) is 4.79 Å². The lowest BCUT2D eigenvalue weighted by atomic mass is 10.2. The van der Waals surface area contributed by atoms with E-state index in [9.17, 15) is 9.90 Å². The third-order valence-electron chi connectivity index (χ3n) is 4.15. The molecule has 138 valence electrons. The zero-order chi connectivity index (χ0) is 19.5. The van der Waals surface area contributed by atoms with Crippen LogP contribution in [0.5, 0.6) is 5.75 Å². The standard InChI is InChI=1S/C21H15ClN4O2/c22-15-8-5-13(6-9-15)12-23-26-21(28)14-7-10-17-18(11-14)25-20(24-17)16-3-1-2-4-19(16)27/h1-12,27H,(H,24,25)(H,26,28)/b23-12+. The van der Waals surface area contributed by atoms with Crippen LogP contribution in [0, 0.1) is 0 Å². The Hall–Kier alpha value is -3.64. The first-order valence-electron chi connectivity index (χ1n) is 8.47. The molecule has 7 heteroatoms. The Labute approximate surface area is 165 Å². The molecule has 4 aromatic rings. The topological polar surface area (TPSA) is 90.4 Å². The van der Waals surface area contributed by atoms with Gasteiger partial charge in [-0.15, -0.1) is 0 Å². The van der Waals surface area contributed by atoms with Crippen LogP contribution in [0.25, 0.3) is 22.4 Å². The van der Waals surface area contributed by atoms with Gasteiger partial charge in [0, 0.05) is 10.6 Å². The second-order valence-electron chi connectivity index (χ2n) is 6.09. The maximum atomic E-state index is 12.3. The highest BCUT2D eigenvalue weighted by molar-refractivity contribution is 6.30. The molecule has 0 saturated carbocycles. The van der Waals surface area contributed by atoms with E-state index in [-0.39, 0.29) is 11.7 Å². The first-order chi connectivity index (χ1) is 13.6. The van der Waals surface area contributed by atoms with Gasteiger partial charge in [-0.1, -0.05) is 35.9 Å². The zero-order valence-corrected chi connectivity index (χ0v) is 15.3. The number of nitrogens with one attached hydrogen (secondary N) is 2. The minimum absolute atomic E-state index is 0.135. The predicted octanol–water partition coefficient (Wildman–Crippen LogP) is 4.35. The molecule has 0 radical (unpaired) electrons. The van der Waals surface area contributed by atoms with Crippen molar-refractivity contribution >= 4 is 34.8 Å². The van der Waals surface area contributed by atoms with Crippen molar-refractivity contribution < 1.29 is 9.90 Å². The minimum atomic E-state index is -0.342. The molecule has 0 saturated heterocycles. The van der Waals surface area contributed by atoms with Crippen molar-refractivity contribution in [2.45, 2.75) is 0 Å². The molecule has 0 aliphatic heterocycles. The summed E-state index contributed by atoms with van der Waals surface area (Å²) in [6, 6.07) is 19.1. The SMILES string of the molecule is O=C(N/N=C/c1ccc(Cl)cc1)c1ccc2nc(-c3ccccc3O)[nH]c2c1. The Morgan fingerprint density at radius 2 is 1.89 bits per heavy atom. The van der Waals surface area contributed by atoms with Gasteiger partial charge in [0.15, 0.2) is 0 Å². The van der Waals surface area contributed by atoms with Crippen LogP contribution in [0.3, 0.4) is 0 Å². The Kier molecular flexibility index (Phi) is 4.78. The van der Waals surface area contributed by atoms with Crippen molar-refractivity contribution in [3.05, 3.63) is 82.9 Å². The number of imidazole rings is 1. The van der Waals surface area contributed by atoms with Gasteiger partial charge in [0.05, 0.1) is 22.8 Å². The molecule has 3 aromatic carbocycles. The fraction of sp³-hybridized carbons (Fsp3) is 0. The summed E-state index contributed by atoms with van der Waals surface area (Å²) in [7, 11) is 0. The minimum Gasteiger partial charge on any atom is -0.507 e. The number of rotatable bonds is 4. The molecule has 6 nitrogen and oxygen atoms in total. The van der Waals surface area contributed by atoms with Crippen molar-refractivity contribution in [3.63, 3.8) is 0 Å². The zero-order valence-electron chi connectivity index (χ0n) is 14.6. The van der Waals surface area contributed by atoms with Gasteiger partial charge in [-0.2, -0.15) is 5.10 Å². The van der Waals surface area contributed by atoms with E-state index in [0.717, 1.165) is 5.56 Å². The lowest BCUT2D eigenvalue weighted by Crippen LogP contribution is -2.17. The molecule has 0 unspecified atom stereocenters. The number of aromatic hydroxyl groups is 1. The molecule has 0 aliphatic carbocycles. The van der Waals surface area contributed by atoms with Crippen molar-refractivity contribution in [1.29, 1.82) is 0 Å². The van der Waals surface area contributed by atoms with Gasteiger partial charge in [-0.25, -0.2) is 10.4 Å². The van der Waals surface area contributed by atoms with Gasteiger partial charge in [-0.05, 0) is 48.0 Å². The quantitative estimate of drug-likeness (QED) is 0.357. The molecule has 1 amide bonds. The number of hydrogen-bond donors (Lipinski definition) is 3. The van der Waals surface area contributed by atoms with Crippen molar-refractivity contribution in [2.75, 3.05) is 0 Å². The molecule has 4 rings (SSSR count). The molecule has 1 heterocycles. The second-order valence-corrected chi connectivity index (χ2v) is 6.52. The number of phenols is 1. The largest absolute Gasteiger partial charge is 0.507 e. The maximum Gasteiger partial charge on any atom is 0.271 e. The number of benzene rings is 3. The Morgan fingerprint density at radius 1 is 1.11 bits per heavy atom. The summed E-state index contributed by atoms with van der Waals surface area (Å²) in [5.74, 6) is 0.327. The smallest absolute Gasteiger partial charge is 0.271 e. The van der Waals surface area contributed by atoms with Gasteiger partial charge < -0.3 is 10.1 Å². The molecule has 3 N–H and O–H groups in total. The number of H-pyrrole nitrogens is 1. The number of halogens is 1. The lowest BCUT2D eigenvalue weighted by Gasteiger charge is -2.00. The number of amides is 1. The summed E-state index contributed by atoms with van der Waals surface area (Å²) in [6.45, 7) is 0. The van der Waals surface area contributed by atoms with Gasteiger partial charge in [0.25, 0.3) is 5.91 Å². The highest BCUT2D eigenvalue weighted by atomic mass is 35.5. The number of carbonyl (C=O) groups is 1. The van der Waals surface area contributed by atoms with Gasteiger partial charge >= 0.3 is 0 Å². The number of para-hydroxylation sites is 1. The predicted molar refractivity (Wildman–Crippen MR) is 110 cm³/mol. The number of aromatic amines is 1. The molecule has 1 aromatic heterocycles. The van der Waals surface area contributed by atoms with E-state index < -0.39 is 0 Å². The summed E-state index contributed by atoms with van der Waals surface area (Å²) in [6.07, 6.45) is 1.54. The van der Waals surface area contributed by atoms with Crippen LogP contribution in [0.1, 0.15) is 15.9 Å². The van der Waals surface area contributed by atoms with Crippen LogP contribution in [-0.4, -0.2) is 27.2 Å². The Bertz CT molecular complexity index is 1180. The monoisotopic (exact) mass is 390 g/mol. The molecule has 0 bridgehead atoms. The van der Waals surface area contributed by atoms with E-state index in [4.69, 9.17) is 11.6 Å². The Morgan fingerprint density at radius 3 is 2.68 bits per heavy atom. The molecular weight excluding hydrogens is 376 g/mol. The van der Waals surface area contributed by atoms with Crippen LogP contribution in [-0.2, 0) is 0 Å². The summed E-state index contributed by atoms with van der Waals surface area (Å²) < 4.78 is 0. The summed E-state index contributed by atoms with van der Waals surface area (Å²) in [5, 5.41) is 14.6. The fourth-order valence-corrected chi connectivity index (χ4v) is 2.86. The average molecular weight is 391 g/mol. The molecule has 28 heavy (non-hydrogen) atoms. The lowest BCUT2D eigenvalue weighted by molar-refractivity contribution is 0.0955. The van der Waals surface area contributed by atoms with Crippen LogP contribution in [0.15, 0.2) is 71.8 Å². The number of aromatic nitrogens is 2. The molecule has 0 fully saturated rings. The normalized spacial score (nSPS) is 11.2. The summed E-state index contributed by atoms with van der Waals surface area (Å²) in [5.41, 5.74) is 5.73. The third kappa shape index (κ3) is 3.72. The number of carbonyl (C=O) groups excluding carboxylic acids is 1. The fourth-order valence-electron chi connectivity index (χ4n) is 2.73. The van der Waals surface area contributed by atoms with Gasteiger partial charge in [0.2, 0.25) is 0 Å². The molecule has 0 atom stereocenters. The van der Waals surface area contributed by atoms with E-state index in [0.29, 0.717) is 33.0 Å². The van der Waals surface area contributed by atoms with Crippen LogP contribution < -0.4 is 5.43 Å². The number of phenolic OH excluding ortho intramolecular Hbond substituents is 1. The summed E-state index contributed by atoms with van der Waals surface area (Å²) >= 11 is 5.84. The molecule has 0 spiro atoms. The van der Waals surface area contributed by atoms with Crippen molar-refractivity contribution in [1.82, 2.24) is 15.4 Å². The highest BCUT2D eigenvalue weighted by Crippen LogP contribution is 2.28. The highest BCUT2D eigenvalue weighted by Gasteiger charge is 2.11. The van der Waals surface area contributed by atoms with Crippen molar-refractivity contribution in [2.24, 2.45) is 5.10 Å². The number of fused-ring (bicyclic) bond motifs is 1. The number of nitrogens with zero attached hydrogens (tertiary/aromatic N) is 2. The number of hydrogen-bond acceptors (Lipinski definition) is 4. The first kappa shape index (κ1) is 17.8. The second kappa shape index (κ2) is 7.54. The number of hydrazone groups is 1. The van der Waals surface area contributed by atoms with Crippen LogP contribution in [0.4, 0.5) is 0 Å². The molecule has 0 aliphatic rings. The van der Waals surface area contributed by atoms with Crippen LogP contribution >= 0.6 is 11.6 Å². The maximum absolute atomic E-state index is 12.3. The summed E-state index contributed by atoms with van der Waals surface area (Å²) in [4.78, 5) is 19.9. The van der Waals surface area contributed by atoms with E-state index in [1.807, 2.05) is 6.07 Å².